The first-order chi connectivity index (χ1) is 10.0. The molecular weight excluding hydrogens is 280 g/mol. The first-order valence-electron chi connectivity index (χ1n) is 6.76. The zero-order valence-electron chi connectivity index (χ0n) is 12.6. The van der Waals surface area contributed by atoms with Crippen LogP contribution < -0.4 is 10.6 Å². The Kier molecular flexibility index (Phi) is 12.5. The van der Waals surface area contributed by atoms with Crippen molar-refractivity contribution >= 4 is 17.6 Å². The van der Waals surface area contributed by atoms with Gasteiger partial charge in [0.05, 0.1) is 26.4 Å². The summed E-state index contributed by atoms with van der Waals surface area (Å²) in [5.41, 5.74) is 0. The lowest BCUT2D eigenvalue weighted by molar-refractivity contribution is -0.126. The number of hydrogen-bond donors (Lipinski definition) is 2. The Morgan fingerprint density at radius 3 is 2.00 bits per heavy atom. The first-order valence-corrected chi connectivity index (χ1v) is 6.76. The van der Waals surface area contributed by atoms with Crippen molar-refractivity contribution in [3.05, 3.63) is 0 Å². The van der Waals surface area contributed by atoms with E-state index in [9.17, 15) is 14.4 Å². The minimum atomic E-state index is -0.241. The van der Waals surface area contributed by atoms with Crippen LogP contribution in [-0.4, -0.2) is 70.3 Å². The predicted octanol–water partition coefficient (Wildman–Crippen LogP) is -1.12. The van der Waals surface area contributed by atoms with E-state index in [0.717, 1.165) is 0 Å². The number of nitrogens with one attached hydrogen (secondary N) is 2. The van der Waals surface area contributed by atoms with Crippen molar-refractivity contribution in [2.45, 2.75) is 13.8 Å². The fourth-order valence-corrected chi connectivity index (χ4v) is 1.21. The van der Waals surface area contributed by atoms with Gasteiger partial charge in [0, 0.05) is 20.0 Å². The van der Waals surface area contributed by atoms with Crippen LogP contribution in [0.15, 0.2) is 0 Å². The van der Waals surface area contributed by atoms with Gasteiger partial charge in [-0.25, -0.2) is 0 Å². The maximum absolute atomic E-state index is 11.3. The molecule has 0 saturated heterocycles. The van der Waals surface area contributed by atoms with Crippen molar-refractivity contribution < 1.29 is 28.6 Å². The number of amides is 2. The van der Waals surface area contributed by atoms with Crippen LogP contribution in [-0.2, 0) is 28.6 Å². The summed E-state index contributed by atoms with van der Waals surface area (Å²) in [4.78, 5) is 32.4. The molecule has 2 amide bonds. The van der Waals surface area contributed by atoms with Gasteiger partial charge in [-0.3, -0.25) is 14.4 Å². The van der Waals surface area contributed by atoms with Gasteiger partial charge in [0.25, 0.3) is 0 Å². The van der Waals surface area contributed by atoms with Crippen LogP contribution in [0.25, 0.3) is 0 Å². The van der Waals surface area contributed by atoms with E-state index in [0.29, 0.717) is 32.9 Å². The Balaban J connectivity index is 3.23. The van der Waals surface area contributed by atoms with Gasteiger partial charge in [-0.05, 0) is 6.92 Å². The molecule has 0 saturated carbocycles. The molecule has 8 nitrogen and oxygen atoms in total. The van der Waals surface area contributed by atoms with Gasteiger partial charge in [0.2, 0.25) is 11.8 Å². The first kappa shape index (κ1) is 19.5. The SMILES string of the molecule is CC(=O)COCCOCCNC(=O)COCCNC(C)=O. The maximum Gasteiger partial charge on any atom is 0.246 e. The van der Waals surface area contributed by atoms with Crippen molar-refractivity contribution in [3.8, 4) is 0 Å². The molecule has 21 heavy (non-hydrogen) atoms. The van der Waals surface area contributed by atoms with Crippen LogP contribution in [0.1, 0.15) is 13.8 Å². The highest BCUT2D eigenvalue weighted by Gasteiger charge is 2.00. The molecule has 0 atom stereocenters. The molecule has 0 fully saturated rings. The highest BCUT2D eigenvalue weighted by Crippen LogP contribution is 1.80. The fraction of sp³-hybridized carbons (Fsp3) is 0.769. The fourth-order valence-electron chi connectivity index (χ4n) is 1.21. The quantitative estimate of drug-likeness (QED) is 0.418. The molecule has 0 radical (unpaired) electrons. The Morgan fingerprint density at radius 2 is 1.33 bits per heavy atom. The molecule has 122 valence electrons. The highest BCUT2D eigenvalue weighted by atomic mass is 16.5. The summed E-state index contributed by atoms with van der Waals surface area (Å²) < 4.78 is 15.3. The minimum Gasteiger partial charge on any atom is -0.377 e. The Bertz CT molecular complexity index is 322. The second kappa shape index (κ2) is 13.5. The highest BCUT2D eigenvalue weighted by molar-refractivity contribution is 5.77. The van der Waals surface area contributed by atoms with Gasteiger partial charge in [-0.15, -0.1) is 0 Å². The second-order valence-corrected chi connectivity index (χ2v) is 4.25. The molecule has 0 aromatic carbocycles. The van der Waals surface area contributed by atoms with Crippen LogP contribution in [0, 0.1) is 0 Å². The summed E-state index contributed by atoms with van der Waals surface area (Å²) in [5, 5.41) is 5.17. The van der Waals surface area contributed by atoms with E-state index < -0.39 is 0 Å². The molecule has 2 N–H and O–H groups in total. The number of ketones is 1. The van der Waals surface area contributed by atoms with Gasteiger partial charge >= 0.3 is 0 Å². The molecule has 0 aliphatic heterocycles. The third kappa shape index (κ3) is 16.4. The molecule has 0 heterocycles. The van der Waals surface area contributed by atoms with E-state index in [-0.39, 0.29) is 37.4 Å². The lowest BCUT2D eigenvalue weighted by atomic mass is 10.5. The van der Waals surface area contributed by atoms with Crippen LogP contribution in [0.2, 0.25) is 0 Å². The summed E-state index contributed by atoms with van der Waals surface area (Å²) in [5.74, 6) is -0.400. The lowest BCUT2D eigenvalue weighted by Gasteiger charge is -2.07. The van der Waals surface area contributed by atoms with Crippen molar-refractivity contribution in [1.82, 2.24) is 10.6 Å². The van der Waals surface area contributed by atoms with E-state index in [4.69, 9.17) is 14.2 Å². The molecular formula is C13H24N2O6. The minimum absolute atomic E-state index is 0.0271. The average Bonchev–Trinajstić information content (AvgIpc) is 2.40. The monoisotopic (exact) mass is 304 g/mol. The molecule has 0 aliphatic rings. The Labute approximate surface area is 124 Å². The number of carbonyl (C=O) groups excluding carboxylic acids is 3. The Hall–Kier alpha value is -1.51. The molecule has 0 aliphatic carbocycles. The summed E-state index contributed by atoms with van der Waals surface area (Å²) in [6, 6.07) is 0. The summed E-state index contributed by atoms with van der Waals surface area (Å²) in [6.07, 6.45) is 0. The third-order valence-corrected chi connectivity index (χ3v) is 2.10. The van der Waals surface area contributed by atoms with E-state index >= 15 is 0 Å². The lowest BCUT2D eigenvalue weighted by Crippen LogP contribution is -2.32. The standard InChI is InChI=1S/C13H24N2O6/c1-11(16)9-21-8-7-19-5-4-15-13(18)10-20-6-3-14-12(2)17/h3-10H2,1-2H3,(H,14,17)(H,15,18). The van der Waals surface area contributed by atoms with Crippen molar-refractivity contribution in [2.24, 2.45) is 0 Å². The second-order valence-electron chi connectivity index (χ2n) is 4.25. The van der Waals surface area contributed by atoms with Crippen LogP contribution >= 0.6 is 0 Å². The normalized spacial score (nSPS) is 10.2. The van der Waals surface area contributed by atoms with E-state index in [1.165, 1.54) is 13.8 Å². The van der Waals surface area contributed by atoms with E-state index in [2.05, 4.69) is 10.6 Å². The summed E-state index contributed by atoms with van der Waals surface area (Å²) >= 11 is 0. The average molecular weight is 304 g/mol. The number of hydrogen-bond acceptors (Lipinski definition) is 6. The zero-order chi connectivity index (χ0) is 15.9. The van der Waals surface area contributed by atoms with Gasteiger partial charge < -0.3 is 24.8 Å². The van der Waals surface area contributed by atoms with Gasteiger partial charge in [0.1, 0.15) is 13.2 Å². The Morgan fingerprint density at radius 1 is 0.762 bits per heavy atom. The molecule has 0 spiro atoms. The smallest absolute Gasteiger partial charge is 0.246 e. The van der Waals surface area contributed by atoms with Gasteiger partial charge in [-0.1, -0.05) is 0 Å². The number of rotatable bonds is 13. The molecule has 0 unspecified atom stereocenters. The number of carbonyl (C=O) groups is 3. The summed E-state index contributed by atoms with van der Waals surface area (Å²) in [7, 11) is 0. The largest absolute Gasteiger partial charge is 0.377 e. The molecule has 0 bridgehead atoms. The van der Waals surface area contributed by atoms with Crippen molar-refractivity contribution in [3.63, 3.8) is 0 Å². The molecule has 8 heteroatoms. The van der Waals surface area contributed by atoms with Gasteiger partial charge in [-0.2, -0.15) is 0 Å². The number of ether oxygens (including phenoxy) is 3. The molecule has 0 rings (SSSR count). The van der Waals surface area contributed by atoms with Crippen molar-refractivity contribution in [1.29, 1.82) is 0 Å². The zero-order valence-corrected chi connectivity index (χ0v) is 12.6. The van der Waals surface area contributed by atoms with Crippen LogP contribution in [0.3, 0.4) is 0 Å². The van der Waals surface area contributed by atoms with Crippen LogP contribution in [0.4, 0.5) is 0 Å². The van der Waals surface area contributed by atoms with Crippen LogP contribution in [0.5, 0.6) is 0 Å². The number of Topliss-reactive ketones (excluding diaryl/α,β-unsaturated/α-hetero) is 1. The molecule has 0 aromatic rings. The topological polar surface area (TPSA) is 103 Å². The van der Waals surface area contributed by atoms with Gasteiger partial charge in [0.15, 0.2) is 5.78 Å². The van der Waals surface area contributed by atoms with E-state index in [1.807, 2.05) is 0 Å². The third-order valence-electron chi connectivity index (χ3n) is 2.10. The molecule has 0 aromatic heterocycles. The van der Waals surface area contributed by atoms with E-state index in [1.54, 1.807) is 0 Å². The van der Waals surface area contributed by atoms with Crippen molar-refractivity contribution in [2.75, 3.05) is 52.7 Å². The predicted molar refractivity (Wildman–Crippen MR) is 74.8 cm³/mol. The maximum atomic E-state index is 11.3. The summed E-state index contributed by atoms with van der Waals surface area (Å²) in [6.45, 7) is 5.03.